The summed E-state index contributed by atoms with van der Waals surface area (Å²) >= 11 is 0. The third kappa shape index (κ3) is 2.58. The van der Waals surface area contributed by atoms with Crippen LogP contribution in [-0.2, 0) is 4.74 Å². The quantitative estimate of drug-likeness (QED) is 0.656. The molecule has 5 nitrogen and oxygen atoms in total. The van der Waals surface area contributed by atoms with Crippen LogP contribution in [0, 0.1) is 0 Å². The lowest BCUT2D eigenvalue weighted by Crippen LogP contribution is -2.49. The lowest BCUT2D eigenvalue weighted by Gasteiger charge is -2.35. The third-order valence-corrected chi connectivity index (χ3v) is 3.93. The number of morpholine rings is 1. The molecule has 5 heteroatoms. The van der Waals surface area contributed by atoms with E-state index in [0.717, 1.165) is 43.0 Å². The van der Waals surface area contributed by atoms with Crippen molar-refractivity contribution in [3.8, 4) is 0 Å². The molecule has 0 amide bonds. The summed E-state index contributed by atoms with van der Waals surface area (Å²) in [6, 6.07) is 9.88. The predicted octanol–water partition coefficient (Wildman–Crippen LogP) is 1.66. The second-order valence-electron chi connectivity index (χ2n) is 5.13. The number of nitrogens with zero attached hydrogens (tertiary/aromatic N) is 1. The zero-order valence-corrected chi connectivity index (χ0v) is 11.7. The molecular weight excluding hydrogens is 254 g/mol. The number of benzene rings is 1. The highest BCUT2D eigenvalue weighted by molar-refractivity contribution is 5.77. The highest BCUT2D eigenvalue weighted by Crippen LogP contribution is 2.27. The van der Waals surface area contributed by atoms with Gasteiger partial charge in [-0.3, -0.25) is 10.7 Å². The lowest BCUT2D eigenvalue weighted by molar-refractivity contribution is -0.0487. The normalized spacial score (nSPS) is 22.2. The molecule has 108 valence electrons. The smallest absolute Gasteiger partial charge is 0.134 e. The first kappa shape index (κ1) is 13.6. The number of rotatable bonds is 4. The maximum Gasteiger partial charge on any atom is 0.134 e. The number of hydrogen-bond acceptors (Lipinski definition) is 5. The minimum absolute atomic E-state index is 0.00858. The Morgan fingerprint density at radius 2 is 2.30 bits per heavy atom. The predicted molar refractivity (Wildman–Crippen MR) is 78.1 cm³/mol. The van der Waals surface area contributed by atoms with Gasteiger partial charge < -0.3 is 9.15 Å². The monoisotopic (exact) mass is 275 g/mol. The summed E-state index contributed by atoms with van der Waals surface area (Å²) in [5.74, 6) is 6.57. The molecule has 1 fully saturated rings. The van der Waals surface area contributed by atoms with E-state index < -0.39 is 0 Å². The number of fused-ring (bicyclic) bond motifs is 1. The summed E-state index contributed by atoms with van der Waals surface area (Å²) in [4.78, 5) is 2.36. The number of para-hydroxylation sites is 1. The van der Waals surface area contributed by atoms with Crippen LogP contribution < -0.4 is 11.3 Å². The van der Waals surface area contributed by atoms with Gasteiger partial charge in [0.1, 0.15) is 17.4 Å². The molecule has 2 aromatic rings. The molecule has 1 aromatic carbocycles. The Morgan fingerprint density at radius 3 is 3.05 bits per heavy atom. The molecule has 0 saturated carbocycles. The van der Waals surface area contributed by atoms with Gasteiger partial charge in [0, 0.05) is 18.5 Å². The number of hydrogen-bond donors (Lipinski definition) is 2. The minimum Gasteiger partial charge on any atom is -0.459 e. The topological polar surface area (TPSA) is 63.7 Å². The summed E-state index contributed by atoms with van der Waals surface area (Å²) in [7, 11) is 0. The van der Waals surface area contributed by atoms with Crippen LogP contribution in [0.1, 0.15) is 18.7 Å². The minimum atomic E-state index is -0.128. The summed E-state index contributed by atoms with van der Waals surface area (Å²) in [6.07, 6.45) is 0.00858. The summed E-state index contributed by atoms with van der Waals surface area (Å²) in [5.41, 5.74) is 3.73. The average molecular weight is 275 g/mol. The maximum atomic E-state index is 5.90. The van der Waals surface area contributed by atoms with Gasteiger partial charge in [-0.1, -0.05) is 25.1 Å². The molecule has 0 radical (unpaired) electrons. The Hall–Kier alpha value is -1.40. The summed E-state index contributed by atoms with van der Waals surface area (Å²) < 4.78 is 11.8. The van der Waals surface area contributed by atoms with Crippen LogP contribution in [0.3, 0.4) is 0 Å². The Morgan fingerprint density at radius 1 is 1.45 bits per heavy atom. The van der Waals surface area contributed by atoms with Crippen molar-refractivity contribution in [2.75, 3.05) is 26.2 Å². The summed E-state index contributed by atoms with van der Waals surface area (Å²) in [5, 5.41) is 1.09. The molecule has 2 atom stereocenters. The van der Waals surface area contributed by atoms with Gasteiger partial charge in [-0.05, 0) is 18.7 Å². The van der Waals surface area contributed by atoms with Crippen LogP contribution >= 0.6 is 0 Å². The van der Waals surface area contributed by atoms with E-state index in [0.29, 0.717) is 0 Å². The van der Waals surface area contributed by atoms with Gasteiger partial charge in [0.15, 0.2) is 0 Å². The Balaban J connectivity index is 1.85. The first-order valence-electron chi connectivity index (χ1n) is 7.10. The van der Waals surface area contributed by atoms with E-state index in [1.54, 1.807) is 0 Å². The standard InChI is InChI=1S/C15H21N3O2/c1-2-18-7-8-19-14(10-18)15(17-16)13-9-11-5-3-4-6-12(11)20-13/h3-6,9,14-15,17H,2,7-8,10,16H2,1H3. The molecule has 0 aliphatic carbocycles. The molecule has 1 aliphatic heterocycles. The zero-order valence-electron chi connectivity index (χ0n) is 11.7. The number of nitrogens with one attached hydrogen (secondary N) is 1. The van der Waals surface area contributed by atoms with E-state index in [4.69, 9.17) is 15.0 Å². The number of hydrazine groups is 1. The van der Waals surface area contributed by atoms with Gasteiger partial charge in [0.25, 0.3) is 0 Å². The van der Waals surface area contributed by atoms with E-state index >= 15 is 0 Å². The van der Waals surface area contributed by atoms with Gasteiger partial charge in [0.2, 0.25) is 0 Å². The van der Waals surface area contributed by atoms with Crippen LogP contribution in [0.25, 0.3) is 11.0 Å². The molecule has 3 rings (SSSR count). The average Bonchev–Trinajstić information content (AvgIpc) is 2.91. The number of furan rings is 1. The van der Waals surface area contributed by atoms with Crippen molar-refractivity contribution in [1.82, 2.24) is 10.3 Å². The molecule has 1 aliphatic rings. The van der Waals surface area contributed by atoms with Crippen molar-refractivity contribution in [2.24, 2.45) is 5.84 Å². The molecule has 1 aromatic heterocycles. The van der Waals surface area contributed by atoms with Crippen LogP contribution in [0.4, 0.5) is 0 Å². The fraction of sp³-hybridized carbons (Fsp3) is 0.467. The first-order chi connectivity index (χ1) is 9.81. The fourth-order valence-corrected chi connectivity index (χ4v) is 2.75. The van der Waals surface area contributed by atoms with Crippen LogP contribution in [0.2, 0.25) is 0 Å². The van der Waals surface area contributed by atoms with E-state index in [1.807, 2.05) is 30.3 Å². The van der Waals surface area contributed by atoms with Crippen LogP contribution in [-0.4, -0.2) is 37.2 Å². The number of ether oxygens (including phenoxy) is 1. The zero-order chi connectivity index (χ0) is 13.9. The Labute approximate surface area is 118 Å². The number of likely N-dealkylation sites (N-methyl/N-ethyl adjacent to an activating group) is 1. The maximum absolute atomic E-state index is 5.90. The Bertz CT molecular complexity index is 536. The van der Waals surface area contributed by atoms with Gasteiger partial charge in [-0.2, -0.15) is 0 Å². The van der Waals surface area contributed by atoms with Crippen LogP contribution in [0.5, 0.6) is 0 Å². The molecule has 20 heavy (non-hydrogen) atoms. The third-order valence-electron chi connectivity index (χ3n) is 3.93. The highest BCUT2D eigenvalue weighted by atomic mass is 16.5. The second kappa shape index (κ2) is 5.93. The molecule has 0 bridgehead atoms. The summed E-state index contributed by atoms with van der Waals surface area (Å²) in [6.45, 7) is 5.76. The van der Waals surface area contributed by atoms with E-state index in [9.17, 15) is 0 Å². The molecular formula is C15H21N3O2. The lowest BCUT2D eigenvalue weighted by atomic mass is 10.1. The second-order valence-corrected chi connectivity index (χ2v) is 5.13. The van der Waals surface area contributed by atoms with E-state index in [1.165, 1.54) is 0 Å². The van der Waals surface area contributed by atoms with Crippen LogP contribution in [0.15, 0.2) is 34.7 Å². The van der Waals surface area contributed by atoms with Gasteiger partial charge in [0.05, 0.1) is 12.7 Å². The fourth-order valence-electron chi connectivity index (χ4n) is 2.75. The largest absolute Gasteiger partial charge is 0.459 e. The molecule has 2 unspecified atom stereocenters. The Kier molecular flexibility index (Phi) is 4.03. The van der Waals surface area contributed by atoms with Gasteiger partial charge >= 0.3 is 0 Å². The SMILES string of the molecule is CCN1CCOC(C(NN)c2cc3ccccc3o2)C1. The first-order valence-corrected chi connectivity index (χ1v) is 7.10. The molecule has 0 spiro atoms. The van der Waals surface area contributed by atoms with Gasteiger partial charge in [-0.15, -0.1) is 0 Å². The van der Waals surface area contributed by atoms with Crippen molar-refractivity contribution < 1.29 is 9.15 Å². The molecule has 3 N–H and O–H groups in total. The van der Waals surface area contributed by atoms with Crippen molar-refractivity contribution in [1.29, 1.82) is 0 Å². The van der Waals surface area contributed by atoms with E-state index in [2.05, 4.69) is 17.2 Å². The van der Waals surface area contributed by atoms with Gasteiger partial charge in [-0.25, -0.2) is 5.43 Å². The van der Waals surface area contributed by atoms with Crippen molar-refractivity contribution in [2.45, 2.75) is 19.1 Å². The number of nitrogens with two attached hydrogens (primary N) is 1. The van der Waals surface area contributed by atoms with Crippen molar-refractivity contribution >= 4 is 11.0 Å². The highest BCUT2D eigenvalue weighted by Gasteiger charge is 2.30. The van der Waals surface area contributed by atoms with Crippen molar-refractivity contribution in [3.05, 3.63) is 36.1 Å². The van der Waals surface area contributed by atoms with E-state index in [-0.39, 0.29) is 12.1 Å². The molecule has 2 heterocycles. The van der Waals surface area contributed by atoms with Crippen molar-refractivity contribution in [3.63, 3.8) is 0 Å². The molecule has 1 saturated heterocycles.